The number of aromatic nitrogens is 2. The van der Waals surface area contributed by atoms with Crippen LogP contribution < -0.4 is 10.3 Å². The lowest BCUT2D eigenvalue weighted by Crippen LogP contribution is -2.18. The second-order valence-corrected chi connectivity index (χ2v) is 7.63. The van der Waals surface area contributed by atoms with Gasteiger partial charge in [0, 0.05) is 28.3 Å². The Morgan fingerprint density at radius 3 is 2.96 bits per heavy atom. The van der Waals surface area contributed by atoms with E-state index in [2.05, 4.69) is 4.98 Å². The minimum atomic E-state index is -0.502. The highest BCUT2D eigenvalue weighted by molar-refractivity contribution is 7.17. The first kappa shape index (κ1) is 18.4. The number of benzene rings is 1. The molecule has 0 aliphatic heterocycles. The molecule has 0 saturated heterocycles. The van der Waals surface area contributed by atoms with Crippen LogP contribution in [0.1, 0.15) is 34.7 Å². The molecule has 0 bridgehead atoms. The number of ether oxygens (including phenoxy) is 2. The predicted molar refractivity (Wildman–Crippen MR) is 108 cm³/mol. The van der Waals surface area contributed by atoms with Gasteiger partial charge >= 0.3 is 5.97 Å². The summed E-state index contributed by atoms with van der Waals surface area (Å²) >= 11 is 1.56. The number of methoxy groups -OCH3 is 1. The minimum absolute atomic E-state index is 0.0383. The molecule has 3 aromatic rings. The standard InChI is InChI=1S/C21H20N2O4S/c1-26-17-8-4-2-6-14(17)10-11-20(25)27-13-15-12-19(24)23-16-7-3-5-9-18(16)28-21(23)22-15/h2,4,6,8,10-12H,3,5,7,9,13H2,1H3/b11-10+. The molecule has 0 radical (unpaired) electrons. The van der Waals surface area contributed by atoms with Gasteiger partial charge in [0.1, 0.15) is 12.4 Å². The van der Waals surface area contributed by atoms with Gasteiger partial charge in [0.15, 0.2) is 4.96 Å². The summed E-state index contributed by atoms with van der Waals surface area (Å²) in [5.74, 6) is 0.173. The van der Waals surface area contributed by atoms with Gasteiger partial charge in [0.05, 0.1) is 12.8 Å². The Labute approximate surface area is 166 Å². The molecule has 6 nitrogen and oxygen atoms in total. The van der Waals surface area contributed by atoms with Crippen LogP contribution in [-0.2, 0) is 29.0 Å². The summed E-state index contributed by atoms with van der Waals surface area (Å²) in [6.45, 7) is -0.0383. The molecule has 28 heavy (non-hydrogen) atoms. The first-order chi connectivity index (χ1) is 13.7. The van der Waals surface area contributed by atoms with E-state index in [1.165, 1.54) is 17.0 Å². The molecule has 1 aliphatic rings. The quantitative estimate of drug-likeness (QED) is 0.488. The Bertz CT molecular complexity index is 1110. The van der Waals surface area contributed by atoms with Gasteiger partial charge in [-0.2, -0.15) is 0 Å². The van der Waals surface area contributed by atoms with Crippen LogP contribution in [0, 0.1) is 0 Å². The van der Waals surface area contributed by atoms with Gasteiger partial charge in [-0.05, 0) is 37.8 Å². The minimum Gasteiger partial charge on any atom is -0.496 e. The van der Waals surface area contributed by atoms with E-state index < -0.39 is 5.97 Å². The fraction of sp³-hybridized carbons (Fsp3) is 0.286. The van der Waals surface area contributed by atoms with Crippen LogP contribution in [0.25, 0.3) is 11.0 Å². The Morgan fingerprint density at radius 2 is 2.11 bits per heavy atom. The maximum Gasteiger partial charge on any atom is 0.331 e. The van der Waals surface area contributed by atoms with Gasteiger partial charge in [0.2, 0.25) is 0 Å². The number of carbonyl (C=O) groups is 1. The Balaban J connectivity index is 1.47. The number of aryl methyl sites for hydroxylation is 2. The van der Waals surface area contributed by atoms with Crippen molar-refractivity contribution >= 4 is 28.3 Å². The summed E-state index contributed by atoms with van der Waals surface area (Å²) in [6.07, 6.45) is 7.15. The van der Waals surface area contributed by atoms with Crippen molar-refractivity contribution in [3.63, 3.8) is 0 Å². The van der Waals surface area contributed by atoms with Crippen LogP contribution in [0.2, 0.25) is 0 Å². The lowest BCUT2D eigenvalue weighted by molar-refractivity contribution is -0.139. The smallest absolute Gasteiger partial charge is 0.331 e. The molecule has 0 spiro atoms. The molecule has 0 fully saturated rings. The number of hydrogen-bond acceptors (Lipinski definition) is 6. The summed E-state index contributed by atoms with van der Waals surface area (Å²) in [4.78, 5) is 31.0. The molecular weight excluding hydrogens is 376 g/mol. The van der Waals surface area contributed by atoms with Gasteiger partial charge in [-0.3, -0.25) is 9.20 Å². The molecule has 0 saturated carbocycles. The SMILES string of the molecule is COc1ccccc1/C=C/C(=O)OCc1cc(=O)n2c3c(sc2n1)CCCC3. The maximum absolute atomic E-state index is 12.5. The predicted octanol–water partition coefficient (Wildman–Crippen LogP) is 3.40. The number of thiazole rings is 1. The number of para-hydroxylation sites is 1. The summed E-state index contributed by atoms with van der Waals surface area (Å²) in [6, 6.07) is 8.83. The lowest BCUT2D eigenvalue weighted by Gasteiger charge is -2.10. The van der Waals surface area contributed by atoms with E-state index in [4.69, 9.17) is 9.47 Å². The van der Waals surface area contributed by atoms with E-state index in [0.717, 1.165) is 36.9 Å². The highest BCUT2D eigenvalue weighted by atomic mass is 32.1. The molecular formula is C21H20N2O4S. The normalized spacial score (nSPS) is 13.6. The van der Waals surface area contributed by atoms with E-state index in [1.54, 1.807) is 28.9 Å². The topological polar surface area (TPSA) is 69.9 Å². The first-order valence-electron chi connectivity index (χ1n) is 9.17. The third-order valence-electron chi connectivity index (χ3n) is 4.71. The van der Waals surface area contributed by atoms with E-state index in [9.17, 15) is 9.59 Å². The molecule has 0 N–H and O–H groups in total. The van der Waals surface area contributed by atoms with Gasteiger partial charge in [-0.25, -0.2) is 9.78 Å². The van der Waals surface area contributed by atoms with Crippen LogP contribution in [-0.4, -0.2) is 22.5 Å². The fourth-order valence-corrected chi connectivity index (χ4v) is 4.60. The van der Waals surface area contributed by atoms with Gasteiger partial charge < -0.3 is 9.47 Å². The molecule has 7 heteroatoms. The summed E-state index contributed by atoms with van der Waals surface area (Å²) in [5.41, 5.74) is 2.22. The fourth-order valence-electron chi connectivity index (χ4n) is 3.37. The van der Waals surface area contributed by atoms with Crippen molar-refractivity contribution in [2.24, 2.45) is 0 Å². The summed E-state index contributed by atoms with van der Waals surface area (Å²) in [5, 5.41) is 0. The van der Waals surface area contributed by atoms with Crippen LogP contribution in [0.5, 0.6) is 5.75 Å². The Morgan fingerprint density at radius 1 is 1.29 bits per heavy atom. The van der Waals surface area contributed by atoms with Crippen LogP contribution in [0.4, 0.5) is 0 Å². The molecule has 0 unspecified atom stereocenters. The molecule has 0 atom stereocenters. The number of hydrogen-bond donors (Lipinski definition) is 0. The Kier molecular flexibility index (Phi) is 5.25. The van der Waals surface area contributed by atoms with Crippen LogP contribution in [0.3, 0.4) is 0 Å². The molecule has 144 valence electrons. The average Bonchev–Trinajstić information content (AvgIpc) is 3.09. The largest absolute Gasteiger partial charge is 0.496 e. The monoisotopic (exact) mass is 396 g/mol. The molecule has 2 heterocycles. The van der Waals surface area contributed by atoms with Crippen LogP contribution in [0.15, 0.2) is 41.2 Å². The van der Waals surface area contributed by atoms with Crippen molar-refractivity contribution in [3.8, 4) is 5.75 Å². The molecule has 0 amide bonds. The van der Waals surface area contributed by atoms with Crippen molar-refractivity contribution < 1.29 is 14.3 Å². The van der Waals surface area contributed by atoms with Crippen molar-refractivity contribution in [1.29, 1.82) is 0 Å². The lowest BCUT2D eigenvalue weighted by atomic mass is 10.0. The molecule has 2 aromatic heterocycles. The number of esters is 1. The third-order valence-corrected chi connectivity index (χ3v) is 5.86. The number of fused-ring (bicyclic) bond motifs is 3. The average molecular weight is 396 g/mol. The van der Waals surface area contributed by atoms with Gasteiger partial charge in [0.25, 0.3) is 5.56 Å². The number of nitrogens with zero attached hydrogens (tertiary/aromatic N) is 2. The zero-order chi connectivity index (χ0) is 19.5. The first-order valence-corrected chi connectivity index (χ1v) is 9.98. The van der Waals surface area contributed by atoms with E-state index in [-0.39, 0.29) is 12.2 Å². The van der Waals surface area contributed by atoms with Gasteiger partial charge in [-0.15, -0.1) is 11.3 Å². The van der Waals surface area contributed by atoms with Crippen molar-refractivity contribution in [3.05, 3.63) is 68.6 Å². The van der Waals surface area contributed by atoms with Crippen molar-refractivity contribution in [1.82, 2.24) is 9.38 Å². The second-order valence-electron chi connectivity index (χ2n) is 6.57. The van der Waals surface area contributed by atoms with E-state index in [1.807, 2.05) is 24.3 Å². The molecule has 4 rings (SSSR count). The van der Waals surface area contributed by atoms with E-state index >= 15 is 0 Å². The zero-order valence-corrected chi connectivity index (χ0v) is 16.3. The van der Waals surface area contributed by atoms with E-state index in [0.29, 0.717) is 16.4 Å². The molecule has 1 aliphatic carbocycles. The van der Waals surface area contributed by atoms with Crippen LogP contribution >= 0.6 is 11.3 Å². The summed E-state index contributed by atoms with van der Waals surface area (Å²) < 4.78 is 12.2. The van der Waals surface area contributed by atoms with Crippen molar-refractivity contribution in [2.45, 2.75) is 32.3 Å². The third kappa shape index (κ3) is 3.71. The second kappa shape index (κ2) is 7.98. The van der Waals surface area contributed by atoms with Gasteiger partial charge in [-0.1, -0.05) is 18.2 Å². The maximum atomic E-state index is 12.5. The summed E-state index contributed by atoms with van der Waals surface area (Å²) in [7, 11) is 1.58. The highest BCUT2D eigenvalue weighted by Gasteiger charge is 2.18. The Hall–Kier alpha value is -2.93. The number of carbonyl (C=O) groups excluding carboxylic acids is 1. The highest BCUT2D eigenvalue weighted by Crippen LogP contribution is 2.28. The molecule has 1 aromatic carbocycles. The zero-order valence-electron chi connectivity index (χ0n) is 15.5. The number of rotatable bonds is 5. The van der Waals surface area contributed by atoms with Crippen molar-refractivity contribution in [2.75, 3.05) is 7.11 Å².